The Morgan fingerprint density at radius 2 is 1.94 bits per heavy atom. The molecule has 6 N–H and O–H groups in total. The van der Waals surface area contributed by atoms with Gasteiger partial charge in [-0.15, -0.1) is 0 Å². The van der Waals surface area contributed by atoms with E-state index in [-0.39, 0.29) is 11.9 Å². The fourth-order valence-corrected chi connectivity index (χ4v) is 1.40. The quantitative estimate of drug-likeness (QED) is 0.485. The van der Waals surface area contributed by atoms with Crippen molar-refractivity contribution < 1.29 is 9.59 Å². The number of rotatable bonds is 8. The van der Waals surface area contributed by atoms with Crippen molar-refractivity contribution in [1.82, 2.24) is 10.6 Å². The molecule has 0 aromatic carbocycles. The highest BCUT2D eigenvalue weighted by molar-refractivity contribution is 5.86. The second kappa shape index (κ2) is 8.81. The fourth-order valence-electron chi connectivity index (χ4n) is 1.40. The summed E-state index contributed by atoms with van der Waals surface area (Å²) in [6.07, 6.45) is 3.14. The van der Waals surface area contributed by atoms with Crippen LogP contribution in [0.25, 0.3) is 0 Å². The molecule has 0 fully saturated rings. The first-order valence-electron chi connectivity index (χ1n) is 6.06. The third-order valence-electron chi connectivity index (χ3n) is 2.38. The molecule has 0 spiro atoms. The zero-order valence-corrected chi connectivity index (χ0v) is 10.7. The van der Waals surface area contributed by atoms with E-state index in [1.807, 2.05) is 13.8 Å². The van der Waals surface area contributed by atoms with Crippen molar-refractivity contribution in [2.24, 2.45) is 11.5 Å². The van der Waals surface area contributed by atoms with Gasteiger partial charge in [-0.05, 0) is 19.8 Å². The maximum absolute atomic E-state index is 11.7. The maximum Gasteiger partial charge on any atom is 0.312 e. The zero-order chi connectivity index (χ0) is 13.3. The Labute approximate surface area is 102 Å². The third-order valence-corrected chi connectivity index (χ3v) is 2.38. The largest absolute Gasteiger partial charge is 0.354 e. The molecule has 0 heterocycles. The van der Waals surface area contributed by atoms with Crippen LogP contribution in [0.2, 0.25) is 0 Å². The molecule has 0 saturated heterocycles. The molecule has 0 radical (unpaired) electrons. The highest BCUT2D eigenvalue weighted by Crippen LogP contribution is 2.00. The Kier molecular flexibility index (Phi) is 8.13. The van der Waals surface area contributed by atoms with Crippen LogP contribution in [-0.2, 0) is 4.79 Å². The number of carbonyl (C=O) groups excluding carboxylic acids is 2. The minimum atomic E-state index is -0.673. The van der Waals surface area contributed by atoms with Gasteiger partial charge in [0.1, 0.15) is 6.04 Å². The molecular weight excluding hydrogens is 220 g/mol. The summed E-state index contributed by atoms with van der Waals surface area (Å²) in [6.45, 7) is 4.41. The smallest absolute Gasteiger partial charge is 0.312 e. The van der Waals surface area contributed by atoms with Crippen molar-refractivity contribution in [2.45, 2.75) is 51.6 Å². The normalized spacial score (nSPS) is 13.8. The van der Waals surface area contributed by atoms with Gasteiger partial charge in [0.25, 0.3) is 0 Å². The Balaban J connectivity index is 4.07. The van der Waals surface area contributed by atoms with Gasteiger partial charge in [0, 0.05) is 12.6 Å². The van der Waals surface area contributed by atoms with Gasteiger partial charge in [-0.1, -0.05) is 19.8 Å². The predicted octanol–water partition coefficient (Wildman–Crippen LogP) is 0.0670. The lowest BCUT2D eigenvalue weighted by atomic mass is 10.1. The average Bonchev–Trinajstić information content (AvgIpc) is 2.22. The second-order valence-corrected chi connectivity index (χ2v) is 4.26. The Bertz CT molecular complexity index is 244. The van der Waals surface area contributed by atoms with Gasteiger partial charge >= 0.3 is 6.03 Å². The summed E-state index contributed by atoms with van der Waals surface area (Å²) in [6, 6.07) is -1.16. The van der Waals surface area contributed by atoms with Crippen molar-refractivity contribution in [1.29, 1.82) is 0 Å². The van der Waals surface area contributed by atoms with Crippen LogP contribution >= 0.6 is 0 Å². The van der Waals surface area contributed by atoms with E-state index in [2.05, 4.69) is 10.6 Å². The predicted molar refractivity (Wildman–Crippen MR) is 67.3 cm³/mol. The number of urea groups is 1. The van der Waals surface area contributed by atoms with E-state index in [0.29, 0.717) is 19.4 Å². The van der Waals surface area contributed by atoms with Gasteiger partial charge in [-0.3, -0.25) is 4.79 Å². The highest BCUT2D eigenvalue weighted by atomic mass is 16.2. The summed E-state index contributed by atoms with van der Waals surface area (Å²) in [7, 11) is 0. The van der Waals surface area contributed by atoms with Crippen LogP contribution in [-0.4, -0.2) is 30.6 Å². The van der Waals surface area contributed by atoms with E-state index in [1.54, 1.807) is 0 Å². The summed E-state index contributed by atoms with van der Waals surface area (Å²) in [5.74, 6) is -0.196. The van der Waals surface area contributed by atoms with Crippen LogP contribution in [0.4, 0.5) is 4.79 Å². The number of unbranched alkanes of at least 4 members (excludes halogenated alkanes) is 1. The third kappa shape index (κ3) is 8.50. The molecule has 0 aliphatic rings. The van der Waals surface area contributed by atoms with Gasteiger partial charge in [-0.2, -0.15) is 0 Å². The van der Waals surface area contributed by atoms with Crippen LogP contribution in [0.3, 0.4) is 0 Å². The summed E-state index contributed by atoms with van der Waals surface area (Å²) >= 11 is 0. The van der Waals surface area contributed by atoms with Gasteiger partial charge in [-0.25, -0.2) is 4.79 Å². The van der Waals surface area contributed by atoms with Crippen LogP contribution in [0.15, 0.2) is 0 Å². The molecule has 6 heteroatoms. The summed E-state index contributed by atoms with van der Waals surface area (Å²) in [5, 5.41) is 5.19. The Morgan fingerprint density at radius 3 is 2.41 bits per heavy atom. The SMILES string of the molecule is CCCCC(NC(N)=O)C(=O)NCCC(C)N. The van der Waals surface area contributed by atoms with Crippen LogP contribution in [0.1, 0.15) is 39.5 Å². The van der Waals surface area contributed by atoms with Gasteiger partial charge in [0.2, 0.25) is 5.91 Å². The average molecular weight is 244 g/mol. The summed E-state index contributed by atoms with van der Waals surface area (Å²) < 4.78 is 0. The number of hydrogen-bond acceptors (Lipinski definition) is 3. The molecule has 0 aliphatic carbocycles. The minimum absolute atomic E-state index is 0.0495. The number of nitrogens with one attached hydrogen (secondary N) is 2. The lowest BCUT2D eigenvalue weighted by Gasteiger charge is -2.17. The highest BCUT2D eigenvalue weighted by Gasteiger charge is 2.18. The van der Waals surface area contributed by atoms with E-state index in [9.17, 15) is 9.59 Å². The Hall–Kier alpha value is -1.30. The lowest BCUT2D eigenvalue weighted by Crippen LogP contribution is -2.49. The molecule has 2 atom stereocenters. The second-order valence-electron chi connectivity index (χ2n) is 4.26. The first-order valence-corrected chi connectivity index (χ1v) is 6.06. The molecule has 6 nitrogen and oxygen atoms in total. The van der Waals surface area contributed by atoms with E-state index in [1.165, 1.54) is 0 Å². The molecule has 17 heavy (non-hydrogen) atoms. The molecule has 100 valence electrons. The molecule has 3 amide bonds. The van der Waals surface area contributed by atoms with Crippen molar-refractivity contribution in [3.8, 4) is 0 Å². The molecule has 0 aromatic heterocycles. The number of carbonyl (C=O) groups is 2. The van der Waals surface area contributed by atoms with E-state index in [4.69, 9.17) is 11.5 Å². The monoisotopic (exact) mass is 244 g/mol. The first-order chi connectivity index (χ1) is 7.97. The molecule has 0 rings (SSSR count). The standard InChI is InChI=1S/C11H24N4O2/c1-3-4-5-9(15-11(13)17)10(16)14-7-6-8(2)12/h8-9H,3-7,12H2,1-2H3,(H,14,16)(H3,13,15,17). The molecule has 0 aliphatic heterocycles. The van der Waals surface area contributed by atoms with Crippen LogP contribution < -0.4 is 22.1 Å². The first kappa shape index (κ1) is 15.7. The van der Waals surface area contributed by atoms with Gasteiger partial charge in [0.15, 0.2) is 0 Å². The van der Waals surface area contributed by atoms with E-state index >= 15 is 0 Å². The van der Waals surface area contributed by atoms with Gasteiger partial charge < -0.3 is 22.1 Å². The van der Waals surface area contributed by atoms with Crippen molar-refractivity contribution in [3.05, 3.63) is 0 Å². The van der Waals surface area contributed by atoms with Crippen molar-refractivity contribution in [3.63, 3.8) is 0 Å². The zero-order valence-electron chi connectivity index (χ0n) is 10.7. The molecular formula is C11H24N4O2. The van der Waals surface area contributed by atoms with Crippen LogP contribution in [0.5, 0.6) is 0 Å². The van der Waals surface area contributed by atoms with E-state index < -0.39 is 12.1 Å². The summed E-state index contributed by atoms with van der Waals surface area (Å²) in [4.78, 5) is 22.5. The van der Waals surface area contributed by atoms with E-state index in [0.717, 1.165) is 12.8 Å². The lowest BCUT2D eigenvalue weighted by molar-refractivity contribution is -0.123. The number of hydrogen-bond donors (Lipinski definition) is 4. The molecule has 0 aromatic rings. The number of amides is 3. The van der Waals surface area contributed by atoms with Gasteiger partial charge in [0.05, 0.1) is 0 Å². The molecule has 2 unspecified atom stereocenters. The minimum Gasteiger partial charge on any atom is -0.354 e. The van der Waals surface area contributed by atoms with Crippen molar-refractivity contribution in [2.75, 3.05) is 6.54 Å². The maximum atomic E-state index is 11.7. The van der Waals surface area contributed by atoms with Crippen LogP contribution in [0, 0.1) is 0 Å². The summed E-state index contributed by atoms with van der Waals surface area (Å²) in [5.41, 5.74) is 10.6. The number of primary amides is 1. The Morgan fingerprint density at radius 1 is 1.29 bits per heavy atom. The topological polar surface area (TPSA) is 110 Å². The van der Waals surface area contributed by atoms with Crippen molar-refractivity contribution >= 4 is 11.9 Å². The number of nitrogens with two attached hydrogens (primary N) is 2. The molecule has 0 saturated carbocycles. The molecule has 0 bridgehead atoms. The fraction of sp³-hybridized carbons (Fsp3) is 0.818.